The molecular formula is C28H38N4O3. The van der Waals surface area contributed by atoms with Crippen LogP contribution in [0.25, 0.3) is 10.9 Å². The molecule has 0 saturated carbocycles. The number of carbonyl (C=O) groups excluding carboxylic acids is 1. The minimum absolute atomic E-state index is 0.104. The number of ether oxygens (including phenoxy) is 2. The van der Waals surface area contributed by atoms with Crippen LogP contribution in [0.3, 0.4) is 0 Å². The van der Waals surface area contributed by atoms with Gasteiger partial charge in [-0.25, -0.2) is 14.9 Å². The fourth-order valence-corrected chi connectivity index (χ4v) is 6.07. The van der Waals surface area contributed by atoms with Gasteiger partial charge in [0, 0.05) is 37.0 Å². The maximum absolute atomic E-state index is 13.1. The van der Waals surface area contributed by atoms with Crippen LogP contribution in [0.4, 0.5) is 4.79 Å². The van der Waals surface area contributed by atoms with E-state index in [4.69, 9.17) is 9.47 Å². The largest absolute Gasteiger partial charge is 0.353 e. The molecule has 0 spiro atoms. The summed E-state index contributed by atoms with van der Waals surface area (Å²) in [6.07, 6.45) is 6.36. The number of likely N-dealkylation sites (tertiary alicyclic amines) is 1. The van der Waals surface area contributed by atoms with Crippen molar-refractivity contribution in [3.8, 4) is 11.8 Å². The second-order valence-electron chi connectivity index (χ2n) is 9.90. The van der Waals surface area contributed by atoms with Gasteiger partial charge in [0.25, 0.3) is 0 Å². The van der Waals surface area contributed by atoms with Crippen LogP contribution in [0.1, 0.15) is 68.7 Å². The Labute approximate surface area is 208 Å². The molecule has 188 valence electrons. The molecule has 1 N–H and O–H groups in total. The molecule has 3 aliphatic rings. The summed E-state index contributed by atoms with van der Waals surface area (Å²) in [6, 6.07) is 6.87. The maximum atomic E-state index is 13.1. The van der Waals surface area contributed by atoms with Crippen molar-refractivity contribution in [2.75, 3.05) is 45.3 Å². The van der Waals surface area contributed by atoms with Gasteiger partial charge < -0.3 is 19.3 Å². The molecule has 5 rings (SSSR count). The zero-order chi connectivity index (χ0) is 24.4. The highest BCUT2D eigenvalue weighted by atomic mass is 16.7. The summed E-state index contributed by atoms with van der Waals surface area (Å²) in [5.74, 6) is 7.15. The highest BCUT2D eigenvalue weighted by molar-refractivity contribution is 5.94. The second-order valence-corrected chi connectivity index (χ2v) is 9.90. The summed E-state index contributed by atoms with van der Waals surface area (Å²) in [5.41, 5.74) is 7.71. The number of piperidine rings is 1. The van der Waals surface area contributed by atoms with E-state index in [0.29, 0.717) is 31.7 Å². The van der Waals surface area contributed by atoms with Gasteiger partial charge in [0.1, 0.15) is 12.3 Å². The first-order valence-electron chi connectivity index (χ1n) is 13.3. The second kappa shape index (κ2) is 10.6. The summed E-state index contributed by atoms with van der Waals surface area (Å²) in [5, 5.41) is 1.27. The number of nitrogens with zero attached hydrogens (tertiary/aromatic N) is 3. The van der Waals surface area contributed by atoms with Crippen molar-refractivity contribution < 1.29 is 14.3 Å². The molecule has 3 atom stereocenters. The number of fused-ring (bicyclic) bond motifs is 2. The van der Waals surface area contributed by atoms with Crippen molar-refractivity contribution >= 4 is 16.9 Å². The third-order valence-electron chi connectivity index (χ3n) is 7.94. The number of nitrogens with one attached hydrogen (secondary N) is 1. The Morgan fingerprint density at radius 3 is 2.86 bits per heavy atom. The highest BCUT2D eigenvalue weighted by Gasteiger charge is 2.38. The number of aromatic nitrogens is 1. The molecule has 3 heterocycles. The van der Waals surface area contributed by atoms with Gasteiger partial charge in [-0.15, -0.1) is 0 Å². The molecule has 2 fully saturated rings. The van der Waals surface area contributed by atoms with Crippen molar-refractivity contribution in [1.29, 1.82) is 0 Å². The Morgan fingerprint density at radius 1 is 1.23 bits per heavy atom. The lowest BCUT2D eigenvalue weighted by atomic mass is 9.75. The number of amides is 2. The number of carbonyl (C=O) groups is 1. The van der Waals surface area contributed by atoms with E-state index in [1.165, 1.54) is 29.4 Å². The van der Waals surface area contributed by atoms with Gasteiger partial charge >= 0.3 is 6.03 Å². The normalized spacial score (nSPS) is 23.9. The van der Waals surface area contributed by atoms with Gasteiger partial charge in [0.05, 0.1) is 5.52 Å². The zero-order valence-electron chi connectivity index (χ0n) is 21.3. The number of benzene rings is 1. The Bertz CT molecular complexity index is 1120. The molecule has 2 amide bonds. The predicted octanol–water partition coefficient (Wildman–Crippen LogP) is 4.28. The third-order valence-corrected chi connectivity index (χ3v) is 7.94. The molecule has 0 bridgehead atoms. The Balaban J connectivity index is 1.53. The Morgan fingerprint density at radius 2 is 2.09 bits per heavy atom. The van der Waals surface area contributed by atoms with Gasteiger partial charge in [-0.05, 0) is 89.1 Å². The minimum atomic E-state index is -0.159. The van der Waals surface area contributed by atoms with Crippen molar-refractivity contribution in [3.63, 3.8) is 0 Å². The first-order valence-corrected chi connectivity index (χ1v) is 13.3. The van der Waals surface area contributed by atoms with E-state index < -0.39 is 0 Å². The molecule has 0 radical (unpaired) electrons. The van der Waals surface area contributed by atoms with E-state index >= 15 is 0 Å². The van der Waals surface area contributed by atoms with Crippen LogP contribution in [0.15, 0.2) is 18.2 Å². The Hall–Kier alpha value is -2.53. The number of urea groups is 1. The first-order chi connectivity index (χ1) is 17.1. The summed E-state index contributed by atoms with van der Waals surface area (Å²) in [7, 11) is 2.24. The number of likely N-dealkylation sites (N-methyl/N-ethyl adjacent to an activating group) is 1. The number of rotatable bonds is 5. The monoisotopic (exact) mass is 478 g/mol. The standard InChI is InChI=1S/C28H38N4O3/c1-4-31(5-2)28(33)29-32-23(14-10-18-35-26-15-6-7-17-34-26)22-19-25-20(12-9-16-30(25)3)21-11-8-13-24(32)27(21)22/h8,11,13,20,25-26H,4-7,9,12,15-19H2,1-3H3,(H,29,33)/t20-,25-,26?/m1/s1. The Kier molecular flexibility index (Phi) is 7.33. The van der Waals surface area contributed by atoms with E-state index in [1.54, 1.807) is 4.90 Å². The molecule has 7 nitrogen and oxygen atoms in total. The summed E-state index contributed by atoms with van der Waals surface area (Å²) in [6.45, 7) is 7.51. The molecule has 2 aromatic rings. The van der Waals surface area contributed by atoms with Crippen LogP contribution < -0.4 is 5.43 Å². The van der Waals surface area contributed by atoms with Gasteiger partial charge in [0.15, 0.2) is 6.29 Å². The van der Waals surface area contributed by atoms with Gasteiger partial charge in [-0.1, -0.05) is 18.1 Å². The molecule has 1 aromatic heterocycles. The number of hydrogen-bond donors (Lipinski definition) is 1. The van der Waals surface area contributed by atoms with E-state index in [-0.39, 0.29) is 12.3 Å². The lowest BCUT2D eigenvalue weighted by Crippen LogP contribution is -2.44. The minimum Gasteiger partial charge on any atom is -0.353 e. The van der Waals surface area contributed by atoms with E-state index in [0.717, 1.165) is 50.0 Å². The topological polar surface area (TPSA) is 59.0 Å². The average molecular weight is 479 g/mol. The van der Waals surface area contributed by atoms with E-state index in [1.807, 2.05) is 18.5 Å². The molecule has 2 aliphatic heterocycles. The molecule has 1 aliphatic carbocycles. The van der Waals surface area contributed by atoms with Gasteiger partial charge in [0.2, 0.25) is 0 Å². The highest BCUT2D eigenvalue weighted by Crippen LogP contribution is 2.44. The third kappa shape index (κ3) is 4.67. The van der Waals surface area contributed by atoms with Crippen LogP contribution in [-0.4, -0.2) is 72.7 Å². The van der Waals surface area contributed by atoms with Gasteiger partial charge in [-0.3, -0.25) is 0 Å². The molecule has 2 saturated heterocycles. The molecule has 7 heteroatoms. The predicted molar refractivity (Wildman–Crippen MR) is 138 cm³/mol. The maximum Gasteiger partial charge on any atom is 0.336 e. The lowest BCUT2D eigenvalue weighted by Gasteiger charge is -2.42. The summed E-state index contributed by atoms with van der Waals surface area (Å²) < 4.78 is 13.5. The molecule has 1 unspecified atom stereocenters. The van der Waals surface area contributed by atoms with Crippen LogP contribution >= 0.6 is 0 Å². The van der Waals surface area contributed by atoms with Crippen molar-refractivity contribution in [2.24, 2.45) is 0 Å². The fourth-order valence-electron chi connectivity index (χ4n) is 6.07. The SMILES string of the molecule is CCN(CC)C(=O)Nn1c(C#CCOC2CCCCO2)c2c3c(cccc31)[C@H]1CCCN(C)[C@@H]1C2. The van der Waals surface area contributed by atoms with Crippen molar-refractivity contribution in [1.82, 2.24) is 14.5 Å². The van der Waals surface area contributed by atoms with E-state index in [9.17, 15) is 4.79 Å². The summed E-state index contributed by atoms with van der Waals surface area (Å²) in [4.78, 5) is 17.4. The average Bonchev–Trinajstić information content (AvgIpc) is 3.17. The fraction of sp³-hybridized carbons (Fsp3) is 0.607. The van der Waals surface area contributed by atoms with Crippen LogP contribution in [-0.2, 0) is 15.9 Å². The van der Waals surface area contributed by atoms with Crippen molar-refractivity contribution in [2.45, 2.75) is 70.6 Å². The van der Waals surface area contributed by atoms with E-state index in [2.05, 4.69) is 47.4 Å². The number of hydrogen-bond acceptors (Lipinski definition) is 4. The zero-order valence-corrected chi connectivity index (χ0v) is 21.3. The van der Waals surface area contributed by atoms with Crippen LogP contribution in [0.2, 0.25) is 0 Å². The lowest BCUT2D eigenvalue weighted by molar-refractivity contribution is -0.154. The first kappa shape index (κ1) is 24.2. The molecular weight excluding hydrogens is 440 g/mol. The molecule has 1 aromatic carbocycles. The van der Waals surface area contributed by atoms with Crippen molar-refractivity contribution in [3.05, 3.63) is 35.0 Å². The summed E-state index contributed by atoms with van der Waals surface area (Å²) >= 11 is 0. The van der Waals surface area contributed by atoms with Crippen LogP contribution in [0, 0.1) is 11.8 Å². The molecule has 35 heavy (non-hydrogen) atoms. The van der Waals surface area contributed by atoms with Gasteiger partial charge in [-0.2, -0.15) is 0 Å². The van der Waals surface area contributed by atoms with Crippen LogP contribution in [0.5, 0.6) is 0 Å². The quantitative estimate of drug-likeness (QED) is 0.652. The smallest absolute Gasteiger partial charge is 0.336 e.